The molecule has 34 heavy (non-hydrogen) atoms. The predicted octanol–water partition coefficient (Wildman–Crippen LogP) is 2.79. The van der Waals surface area contributed by atoms with Crippen molar-refractivity contribution < 1.29 is 4.42 Å². The van der Waals surface area contributed by atoms with Crippen molar-refractivity contribution in [1.29, 1.82) is 0 Å². The predicted molar refractivity (Wildman–Crippen MR) is 129 cm³/mol. The Kier molecular flexibility index (Phi) is 4.71. The molecule has 0 bridgehead atoms. The first-order chi connectivity index (χ1) is 16.5. The van der Waals surface area contributed by atoms with E-state index >= 15 is 0 Å². The molecule has 1 aliphatic rings. The van der Waals surface area contributed by atoms with Crippen LogP contribution in [0.1, 0.15) is 22.7 Å². The van der Waals surface area contributed by atoms with Crippen LogP contribution in [-0.4, -0.2) is 37.2 Å². The van der Waals surface area contributed by atoms with Crippen molar-refractivity contribution in [2.24, 2.45) is 7.05 Å². The van der Waals surface area contributed by atoms with E-state index in [2.05, 4.69) is 32.3 Å². The summed E-state index contributed by atoms with van der Waals surface area (Å²) in [7, 11) is 1.70. The minimum absolute atomic E-state index is 0.261. The lowest BCUT2D eigenvalue weighted by Gasteiger charge is -2.15. The molecule has 5 heterocycles. The average molecular weight is 457 g/mol. The van der Waals surface area contributed by atoms with Gasteiger partial charge in [-0.05, 0) is 54.8 Å². The smallest absolute Gasteiger partial charge is 0.408 e. The van der Waals surface area contributed by atoms with Gasteiger partial charge in [0.2, 0.25) is 5.95 Å². The summed E-state index contributed by atoms with van der Waals surface area (Å²) in [5.41, 5.74) is 14.4. The monoisotopic (exact) mass is 456 g/mol. The van der Waals surface area contributed by atoms with Crippen LogP contribution in [0, 0.1) is 13.8 Å². The second kappa shape index (κ2) is 7.79. The van der Waals surface area contributed by atoms with Gasteiger partial charge in [0.15, 0.2) is 11.2 Å². The van der Waals surface area contributed by atoms with Gasteiger partial charge in [-0.3, -0.25) is 20.4 Å². The standard InChI is InChI=1S/C24H24N8O2/c1-13-14(2)25-8-6-18(13)28-23-29-22-21(15-4-5-19-20(10-15)34-24(33)31(19)3)17(7-9-32(22)30-23)16-11-26-27-12-16/h4-10,16,26-27H,11-12H2,1-3H3,(H,25,28,30). The number of oxazole rings is 1. The average Bonchev–Trinajstić information content (AvgIpc) is 3.56. The molecule has 172 valence electrons. The molecular formula is C24H24N8O2. The number of nitrogens with zero attached hydrogens (tertiary/aromatic N) is 5. The molecule has 0 aliphatic carbocycles. The van der Waals surface area contributed by atoms with Gasteiger partial charge in [-0.2, -0.15) is 4.98 Å². The van der Waals surface area contributed by atoms with Crippen molar-refractivity contribution in [3.63, 3.8) is 0 Å². The Hall–Kier alpha value is -4.02. The number of hydrogen-bond acceptors (Lipinski definition) is 8. The Balaban J connectivity index is 1.53. The van der Waals surface area contributed by atoms with Crippen molar-refractivity contribution in [1.82, 2.24) is 35.0 Å². The Morgan fingerprint density at radius 1 is 1.15 bits per heavy atom. The molecule has 3 N–H and O–H groups in total. The molecule has 4 aromatic heterocycles. The van der Waals surface area contributed by atoms with Crippen molar-refractivity contribution >= 4 is 28.4 Å². The first-order valence-corrected chi connectivity index (χ1v) is 11.1. The van der Waals surface area contributed by atoms with Crippen LogP contribution in [0.15, 0.2) is 51.9 Å². The minimum atomic E-state index is -0.383. The number of nitrogens with one attached hydrogen (secondary N) is 3. The summed E-state index contributed by atoms with van der Waals surface area (Å²) in [5.74, 6) is 0.380. The van der Waals surface area contributed by atoms with Crippen LogP contribution in [0.5, 0.6) is 0 Å². The van der Waals surface area contributed by atoms with Crippen LogP contribution in [0.25, 0.3) is 27.9 Å². The number of aromatic nitrogens is 5. The molecule has 5 aromatic rings. The molecule has 0 spiro atoms. The van der Waals surface area contributed by atoms with Gasteiger partial charge in [-0.25, -0.2) is 9.31 Å². The molecule has 0 amide bonds. The molecule has 10 heteroatoms. The van der Waals surface area contributed by atoms with Crippen LogP contribution in [0.3, 0.4) is 0 Å². The third kappa shape index (κ3) is 3.27. The summed E-state index contributed by atoms with van der Waals surface area (Å²) >= 11 is 0. The molecule has 0 atom stereocenters. The van der Waals surface area contributed by atoms with Crippen molar-refractivity contribution in [2.45, 2.75) is 19.8 Å². The van der Waals surface area contributed by atoms with Crippen LogP contribution in [-0.2, 0) is 7.05 Å². The van der Waals surface area contributed by atoms with Gasteiger partial charge >= 0.3 is 5.76 Å². The van der Waals surface area contributed by atoms with Crippen molar-refractivity contribution in [3.05, 3.63) is 70.1 Å². The molecule has 10 nitrogen and oxygen atoms in total. The highest BCUT2D eigenvalue weighted by Gasteiger charge is 2.24. The van der Waals surface area contributed by atoms with Crippen molar-refractivity contribution in [2.75, 3.05) is 18.4 Å². The maximum absolute atomic E-state index is 12.0. The summed E-state index contributed by atoms with van der Waals surface area (Å²) in [6, 6.07) is 9.83. The third-order valence-corrected chi connectivity index (χ3v) is 6.58. The number of fused-ring (bicyclic) bond motifs is 2. The summed E-state index contributed by atoms with van der Waals surface area (Å²) in [5, 5.41) is 8.02. The Bertz CT molecular complexity index is 1610. The van der Waals surface area contributed by atoms with Gasteiger partial charge < -0.3 is 9.73 Å². The van der Waals surface area contributed by atoms with Crippen LogP contribution >= 0.6 is 0 Å². The summed E-state index contributed by atoms with van der Waals surface area (Å²) < 4.78 is 8.76. The lowest BCUT2D eigenvalue weighted by Crippen LogP contribution is -2.21. The first kappa shape index (κ1) is 20.6. The maximum Gasteiger partial charge on any atom is 0.419 e. The Morgan fingerprint density at radius 3 is 2.79 bits per heavy atom. The molecule has 6 rings (SSSR count). The van der Waals surface area contributed by atoms with E-state index in [4.69, 9.17) is 9.40 Å². The van der Waals surface area contributed by atoms with Gasteiger partial charge in [0.25, 0.3) is 0 Å². The van der Waals surface area contributed by atoms with Crippen LogP contribution in [0.2, 0.25) is 0 Å². The topological polar surface area (TPSA) is 114 Å². The highest BCUT2D eigenvalue weighted by molar-refractivity contribution is 5.87. The van der Waals surface area contributed by atoms with Crippen LogP contribution in [0.4, 0.5) is 11.6 Å². The number of anilines is 2. The Morgan fingerprint density at radius 2 is 1.97 bits per heavy atom. The van der Waals surface area contributed by atoms with Gasteiger partial charge in [0.05, 0.1) is 5.52 Å². The van der Waals surface area contributed by atoms with Crippen LogP contribution < -0.4 is 21.9 Å². The van der Waals surface area contributed by atoms with E-state index in [0.717, 1.165) is 57.9 Å². The molecule has 0 unspecified atom stereocenters. The van der Waals surface area contributed by atoms with E-state index in [1.54, 1.807) is 17.8 Å². The summed E-state index contributed by atoms with van der Waals surface area (Å²) in [6.45, 7) is 5.61. The largest absolute Gasteiger partial charge is 0.419 e. The number of rotatable bonds is 4. The molecule has 1 aliphatic heterocycles. The number of hydrogen-bond donors (Lipinski definition) is 3. The molecular weight excluding hydrogens is 432 g/mol. The molecule has 1 saturated heterocycles. The third-order valence-electron chi connectivity index (χ3n) is 6.58. The fourth-order valence-corrected chi connectivity index (χ4v) is 4.52. The number of aryl methyl sites for hydroxylation is 2. The number of pyridine rings is 2. The normalized spacial score (nSPS) is 14.4. The fraction of sp³-hybridized carbons (Fsp3) is 0.250. The van der Waals surface area contributed by atoms with E-state index in [1.807, 2.05) is 44.3 Å². The summed E-state index contributed by atoms with van der Waals surface area (Å²) in [6.07, 6.45) is 3.71. The molecule has 0 radical (unpaired) electrons. The maximum atomic E-state index is 12.0. The minimum Gasteiger partial charge on any atom is -0.408 e. The van der Waals surface area contributed by atoms with Crippen molar-refractivity contribution in [3.8, 4) is 11.1 Å². The van der Waals surface area contributed by atoms with E-state index in [9.17, 15) is 4.79 Å². The lowest BCUT2D eigenvalue weighted by molar-refractivity contribution is 0.528. The van der Waals surface area contributed by atoms with E-state index in [-0.39, 0.29) is 11.7 Å². The van der Waals surface area contributed by atoms with E-state index in [1.165, 1.54) is 4.57 Å². The number of benzene rings is 1. The molecule has 1 aromatic carbocycles. The highest BCUT2D eigenvalue weighted by atomic mass is 16.4. The van der Waals surface area contributed by atoms with Gasteiger partial charge in [0, 0.05) is 55.4 Å². The Labute approximate surface area is 194 Å². The molecule has 0 saturated carbocycles. The highest BCUT2D eigenvalue weighted by Crippen LogP contribution is 2.35. The molecule has 1 fully saturated rings. The van der Waals surface area contributed by atoms with E-state index < -0.39 is 0 Å². The van der Waals surface area contributed by atoms with Gasteiger partial charge in [-0.1, -0.05) is 6.07 Å². The number of hydrazine groups is 1. The van der Waals surface area contributed by atoms with E-state index in [0.29, 0.717) is 11.5 Å². The SMILES string of the molecule is Cc1nccc(Nc2nc3c(-c4ccc5c(c4)oc(=O)n5C)c(C4CNNC4)ccn3n2)c1C. The summed E-state index contributed by atoms with van der Waals surface area (Å²) in [4.78, 5) is 21.3. The van der Waals surface area contributed by atoms with Gasteiger partial charge in [0.1, 0.15) is 0 Å². The zero-order valence-electron chi connectivity index (χ0n) is 19.1. The zero-order chi connectivity index (χ0) is 23.4. The zero-order valence-corrected chi connectivity index (χ0v) is 19.1. The second-order valence-corrected chi connectivity index (χ2v) is 8.61. The lowest BCUT2D eigenvalue weighted by atomic mass is 9.92. The second-order valence-electron chi connectivity index (χ2n) is 8.61. The van der Waals surface area contributed by atoms with Gasteiger partial charge in [-0.15, -0.1) is 5.10 Å². The quantitative estimate of drug-likeness (QED) is 0.378. The fourth-order valence-electron chi connectivity index (χ4n) is 4.52. The first-order valence-electron chi connectivity index (χ1n) is 11.1.